The summed E-state index contributed by atoms with van der Waals surface area (Å²) < 4.78 is 11.9. The summed E-state index contributed by atoms with van der Waals surface area (Å²) >= 11 is 7.29. The molecule has 1 N–H and O–H groups in total. The number of carbonyl (C=O) groups is 1. The third-order valence-electron chi connectivity index (χ3n) is 4.62. The highest BCUT2D eigenvalue weighted by Gasteiger charge is 2.21. The molecule has 1 amide bonds. The lowest BCUT2D eigenvalue weighted by atomic mass is 10.2. The van der Waals surface area contributed by atoms with Gasteiger partial charge in [-0.3, -0.25) is 4.79 Å². The van der Waals surface area contributed by atoms with Crippen LogP contribution in [0.3, 0.4) is 0 Å². The minimum atomic E-state index is -0.203. The number of morpholine rings is 1. The summed E-state index contributed by atoms with van der Waals surface area (Å²) in [6, 6.07) is 11.3. The number of rotatable bonds is 5. The van der Waals surface area contributed by atoms with Crippen molar-refractivity contribution in [3.05, 3.63) is 52.0 Å². The third-order valence-corrected chi connectivity index (χ3v) is 5.95. The molecule has 1 aromatic heterocycles. The van der Waals surface area contributed by atoms with E-state index in [1.54, 1.807) is 19.2 Å². The van der Waals surface area contributed by atoms with Crippen LogP contribution in [-0.2, 0) is 11.3 Å². The van der Waals surface area contributed by atoms with E-state index < -0.39 is 0 Å². The number of hydrogen-bond donors (Lipinski definition) is 1. The van der Waals surface area contributed by atoms with Gasteiger partial charge in [0.25, 0.3) is 5.91 Å². The first-order valence-corrected chi connectivity index (χ1v) is 10.2. The number of nitrogens with zero attached hydrogens (tertiary/aromatic N) is 2. The largest absolute Gasteiger partial charge is 0.494 e. The van der Waals surface area contributed by atoms with Gasteiger partial charge < -0.3 is 19.7 Å². The molecule has 1 saturated heterocycles. The molecular formula is C20H20ClN3O3S. The number of thiazole rings is 1. The molecule has 2 heterocycles. The van der Waals surface area contributed by atoms with Crippen LogP contribution in [0.5, 0.6) is 5.75 Å². The van der Waals surface area contributed by atoms with Crippen molar-refractivity contribution >= 4 is 44.7 Å². The van der Waals surface area contributed by atoms with Gasteiger partial charge in [0, 0.05) is 24.7 Å². The van der Waals surface area contributed by atoms with Crippen molar-refractivity contribution in [1.29, 1.82) is 0 Å². The van der Waals surface area contributed by atoms with Crippen LogP contribution in [0, 0.1) is 0 Å². The van der Waals surface area contributed by atoms with Gasteiger partial charge >= 0.3 is 0 Å². The molecule has 0 saturated carbocycles. The Morgan fingerprint density at radius 2 is 2.00 bits per heavy atom. The zero-order chi connectivity index (χ0) is 19.5. The second-order valence-electron chi connectivity index (χ2n) is 6.39. The van der Waals surface area contributed by atoms with Crippen molar-refractivity contribution in [2.75, 3.05) is 38.3 Å². The summed E-state index contributed by atoms with van der Waals surface area (Å²) in [4.78, 5) is 19.5. The summed E-state index contributed by atoms with van der Waals surface area (Å²) in [5.41, 5.74) is 2.76. The summed E-state index contributed by atoms with van der Waals surface area (Å²) in [6.45, 7) is 3.44. The van der Waals surface area contributed by atoms with Crippen LogP contribution in [-0.4, -0.2) is 44.3 Å². The standard InChI is InChI=1S/C20H20ClN3O3S/c1-26-16-7-6-15(24-8-10-27-11-9-24)18-17(16)23-20(28-18)19(25)22-12-13-2-4-14(21)5-3-13/h2-7H,8-12H2,1H3,(H,22,25). The Labute approximate surface area is 172 Å². The van der Waals surface area contributed by atoms with Gasteiger partial charge in [0.1, 0.15) is 11.3 Å². The van der Waals surface area contributed by atoms with Gasteiger partial charge in [0.2, 0.25) is 0 Å². The van der Waals surface area contributed by atoms with E-state index >= 15 is 0 Å². The van der Waals surface area contributed by atoms with Crippen molar-refractivity contribution in [2.24, 2.45) is 0 Å². The SMILES string of the molecule is COc1ccc(N2CCOCC2)c2sc(C(=O)NCc3ccc(Cl)cc3)nc12. The van der Waals surface area contributed by atoms with Crippen molar-refractivity contribution in [2.45, 2.75) is 6.54 Å². The van der Waals surface area contributed by atoms with E-state index in [4.69, 9.17) is 21.1 Å². The summed E-state index contributed by atoms with van der Waals surface area (Å²) in [7, 11) is 1.61. The normalized spacial score (nSPS) is 14.3. The number of ether oxygens (including phenoxy) is 2. The number of anilines is 1. The molecule has 6 nitrogen and oxygen atoms in total. The first-order chi connectivity index (χ1) is 13.7. The zero-order valence-electron chi connectivity index (χ0n) is 15.4. The summed E-state index contributed by atoms with van der Waals surface area (Å²) in [6.07, 6.45) is 0. The van der Waals surface area contributed by atoms with Gasteiger partial charge in [-0.15, -0.1) is 11.3 Å². The molecule has 146 valence electrons. The summed E-state index contributed by atoms with van der Waals surface area (Å²) in [5.74, 6) is 0.464. The van der Waals surface area contributed by atoms with Gasteiger partial charge in [-0.05, 0) is 29.8 Å². The molecule has 28 heavy (non-hydrogen) atoms. The average Bonchev–Trinajstić information content (AvgIpc) is 3.18. The predicted octanol–water partition coefficient (Wildman–Crippen LogP) is 3.72. The van der Waals surface area contributed by atoms with E-state index in [9.17, 15) is 4.79 Å². The molecule has 4 rings (SSSR count). The monoisotopic (exact) mass is 417 g/mol. The molecule has 0 atom stereocenters. The van der Waals surface area contributed by atoms with E-state index in [2.05, 4.69) is 15.2 Å². The topological polar surface area (TPSA) is 63.7 Å². The quantitative estimate of drug-likeness (QED) is 0.685. The van der Waals surface area contributed by atoms with Crippen molar-refractivity contribution < 1.29 is 14.3 Å². The van der Waals surface area contributed by atoms with Crippen LogP contribution >= 0.6 is 22.9 Å². The Kier molecular flexibility index (Phi) is 5.66. The van der Waals surface area contributed by atoms with Crippen LogP contribution in [0.25, 0.3) is 10.2 Å². The Hall–Kier alpha value is -2.35. The Balaban J connectivity index is 1.60. The van der Waals surface area contributed by atoms with Crippen molar-refractivity contribution in [3.8, 4) is 5.75 Å². The van der Waals surface area contributed by atoms with Crippen LogP contribution < -0.4 is 15.0 Å². The van der Waals surface area contributed by atoms with E-state index in [1.807, 2.05) is 24.3 Å². The van der Waals surface area contributed by atoms with E-state index in [0.29, 0.717) is 41.1 Å². The number of aromatic nitrogens is 1. The number of nitrogens with one attached hydrogen (secondary N) is 1. The maximum atomic E-state index is 12.7. The highest BCUT2D eigenvalue weighted by Crippen LogP contribution is 2.37. The number of hydrogen-bond acceptors (Lipinski definition) is 6. The molecule has 2 aromatic carbocycles. The molecule has 1 aliphatic heterocycles. The van der Waals surface area contributed by atoms with Crippen LogP contribution in [0.1, 0.15) is 15.4 Å². The molecular weight excluding hydrogens is 398 g/mol. The van der Waals surface area contributed by atoms with Gasteiger partial charge in [-0.2, -0.15) is 0 Å². The van der Waals surface area contributed by atoms with E-state index in [-0.39, 0.29) is 5.91 Å². The first-order valence-electron chi connectivity index (χ1n) is 8.98. The minimum absolute atomic E-state index is 0.203. The van der Waals surface area contributed by atoms with Crippen molar-refractivity contribution in [1.82, 2.24) is 10.3 Å². The van der Waals surface area contributed by atoms with E-state index in [1.165, 1.54) is 11.3 Å². The maximum Gasteiger partial charge on any atom is 0.280 e. The number of benzene rings is 2. The molecule has 0 unspecified atom stereocenters. The van der Waals surface area contributed by atoms with E-state index in [0.717, 1.165) is 29.0 Å². The third kappa shape index (κ3) is 3.92. The Bertz CT molecular complexity index is 984. The second kappa shape index (κ2) is 8.34. The zero-order valence-corrected chi connectivity index (χ0v) is 17.0. The maximum absolute atomic E-state index is 12.7. The molecule has 1 aliphatic rings. The van der Waals surface area contributed by atoms with Gasteiger partial charge in [0.05, 0.1) is 30.7 Å². The van der Waals surface area contributed by atoms with Crippen LogP contribution in [0.4, 0.5) is 5.69 Å². The number of fused-ring (bicyclic) bond motifs is 1. The number of methoxy groups -OCH3 is 1. The smallest absolute Gasteiger partial charge is 0.280 e. The molecule has 0 radical (unpaired) electrons. The van der Waals surface area contributed by atoms with Gasteiger partial charge in [-0.1, -0.05) is 23.7 Å². The molecule has 0 aliphatic carbocycles. The number of carbonyl (C=O) groups excluding carboxylic acids is 1. The van der Waals surface area contributed by atoms with Crippen LogP contribution in [0.15, 0.2) is 36.4 Å². The number of halogens is 1. The molecule has 0 bridgehead atoms. The number of amides is 1. The molecule has 8 heteroatoms. The van der Waals surface area contributed by atoms with Crippen LogP contribution in [0.2, 0.25) is 5.02 Å². The Morgan fingerprint density at radius 1 is 1.25 bits per heavy atom. The van der Waals surface area contributed by atoms with Gasteiger partial charge in [-0.25, -0.2) is 4.98 Å². The molecule has 1 fully saturated rings. The van der Waals surface area contributed by atoms with Crippen molar-refractivity contribution in [3.63, 3.8) is 0 Å². The lowest BCUT2D eigenvalue weighted by Crippen LogP contribution is -2.36. The lowest BCUT2D eigenvalue weighted by molar-refractivity contribution is 0.0950. The Morgan fingerprint density at radius 3 is 2.71 bits per heavy atom. The fraction of sp³-hybridized carbons (Fsp3) is 0.300. The summed E-state index contributed by atoms with van der Waals surface area (Å²) in [5, 5.41) is 4.01. The molecule has 3 aromatic rings. The fourth-order valence-electron chi connectivity index (χ4n) is 3.15. The van der Waals surface area contributed by atoms with Gasteiger partial charge in [0.15, 0.2) is 5.01 Å². The first kappa shape index (κ1) is 19.0. The second-order valence-corrected chi connectivity index (χ2v) is 7.83. The highest BCUT2D eigenvalue weighted by atomic mass is 35.5. The fourth-order valence-corrected chi connectivity index (χ4v) is 4.31. The minimum Gasteiger partial charge on any atom is -0.494 e. The predicted molar refractivity (Wildman–Crippen MR) is 112 cm³/mol. The highest BCUT2D eigenvalue weighted by molar-refractivity contribution is 7.21. The lowest BCUT2D eigenvalue weighted by Gasteiger charge is -2.29. The molecule has 0 spiro atoms. The average molecular weight is 418 g/mol.